The number of ether oxygens (including phenoxy) is 1. The highest BCUT2D eigenvalue weighted by Crippen LogP contribution is 2.45. The Morgan fingerprint density at radius 2 is 2.03 bits per heavy atom. The topological polar surface area (TPSA) is 91.6 Å². The number of furan rings is 1. The first kappa shape index (κ1) is 19.0. The number of nitrogens with zero attached hydrogens (tertiary/aromatic N) is 2. The molecule has 7 nitrogen and oxygen atoms in total. The Balaban J connectivity index is 1.67. The van der Waals surface area contributed by atoms with Crippen molar-refractivity contribution in [3.63, 3.8) is 0 Å². The number of fused-ring (bicyclic) bond motifs is 1. The van der Waals surface area contributed by atoms with E-state index in [0.29, 0.717) is 35.9 Å². The molecule has 1 aliphatic rings. The molecule has 0 saturated carbocycles. The molecule has 1 amide bonds. The molecule has 2 aromatic carbocycles. The monoisotopic (exact) mass is 415 g/mol. The van der Waals surface area contributed by atoms with E-state index < -0.39 is 6.04 Å². The highest BCUT2D eigenvalue weighted by molar-refractivity contribution is 6.00. The molecule has 31 heavy (non-hydrogen) atoms. The number of hydrogen-bond acceptors (Lipinski definition) is 5. The maximum atomic E-state index is 13.4. The summed E-state index contributed by atoms with van der Waals surface area (Å²) in [6.07, 6.45) is 1.59. The van der Waals surface area contributed by atoms with Gasteiger partial charge in [-0.25, -0.2) is 0 Å². The fourth-order valence-electron chi connectivity index (χ4n) is 4.10. The Labute approximate surface area is 178 Å². The number of carbonyl (C=O) groups excluding carboxylic acids is 1. The van der Waals surface area contributed by atoms with Gasteiger partial charge in [0.25, 0.3) is 5.91 Å². The van der Waals surface area contributed by atoms with Crippen LogP contribution in [-0.2, 0) is 6.54 Å². The van der Waals surface area contributed by atoms with Crippen LogP contribution in [-0.4, -0.2) is 32.7 Å². The van der Waals surface area contributed by atoms with E-state index in [9.17, 15) is 9.90 Å². The Morgan fingerprint density at radius 3 is 2.81 bits per heavy atom. The van der Waals surface area contributed by atoms with Crippen LogP contribution in [0.2, 0.25) is 0 Å². The van der Waals surface area contributed by atoms with E-state index in [-0.39, 0.29) is 11.7 Å². The maximum Gasteiger partial charge on any atom is 0.273 e. The molecular weight excluding hydrogens is 394 g/mol. The maximum absolute atomic E-state index is 13.4. The molecule has 0 bridgehead atoms. The molecule has 0 radical (unpaired) electrons. The molecule has 5 rings (SSSR count). The van der Waals surface area contributed by atoms with Crippen LogP contribution in [0, 0.1) is 0 Å². The van der Waals surface area contributed by atoms with Crippen molar-refractivity contribution in [2.75, 3.05) is 6.61 Å². The predicted octanol–water partition coefficient (Wildman–Crippen LogP) is 4.52. The fraction of sp³-hybridized carbons (Fsp3) is 0.167. The van der Waals surface area contributed by atoms with Crippen molar-refractivity contribution in [2.45, 2.75) is 19.5 Å². The molecule has 0 fully saturated rings. The summed E-state index contributed by atoms with van der Waals surface area (Å²) >= 11 is 0. The molecular formula is C24H21N3O4. The molecule has 0 saturated heterocycles. The first-order chi connectivity index (χ1) is 15.2. The molecule has 156 valence electrons. The Kier molecular flexibility index (Phi) is 4.71. The lowest BCUT2D eigenvalue weighted by atomic mass is 9.95. The zero-order valence-corrected chi connectivity index (χ0v) is 16.9. The van der Waals surface area contributed by atoms with Gasteiger partial charge in [-0.3, -0.25) is 9.89 Å². The summed E-state index contributed by atoms with van der Waals surface area (Å²) in [6, 6.07) is 17.9. The van der Waals surface area contributed by atoms with E-state index in [1.165, 1.54) is 0 Å². The summed E-state index contributed by atoms with van der Waals surface area (Å²) in [7, 11) is 0. The van der Waals surface area contributed by atoms with Crippen LogP contribution < -0.4 is 4.74 Å². The van der Waals surface area contributed by atoms with Gasteiger partial charge in [0.15, 0.2) is 0 Å². The second-order valence-electron chi connectivity index (χ2n) is 7.30. The zero-order valence-electron chi connectivity index (χ0n) is 16.9. The number of rotatable bonds is 6. The van der Waals surface area contributed by atoms with E-state index in [2.05, 4.69) is 10.2 Å². The minimum atomic E-state index is -0.415. The molecule has 1 aliphatic heterocycles. The molecule has 0 spiro atoms. The van der Waals surface area contributed by atoms with Gasteiger partial charge in [0.05, 0.1) is 25.5 Å². The first-order valence-electron chi connectivity index (χ1n) is 10.1. The Bertz CT molecular complexity index is 1230. The lowest BCUT2D eigenvalue weighted by Crippen LogP contribution is -2.29. The lowest BCUT2D eigenvalue weighted by molar-refractivity contribution is 0.0716. The third-order valence-electron chi connectivity index (χ3n) is 5.41. The lowest BCUT2D eigenvalue weighted by Gasteiger charge is -2.26. The van der Waals surface area contributed by atoms with Crippen molar-refractivity contribution < 1.29 is 19.1 Å². The summed E-state index contributed by atoms with van der Waals surface area (Å²) in [5.41, 5.74) is 3.15. The summed E-state index contributed by atoms with van der Waals surface area (Å²) < 4.78 is 11.2. The van der Waals surface area contributed by atoms with Crippen LogP contribution >= 0.6 is 0 Å². The van der Waals surface area contributed by atoms with Gasteiger partial charge >= 0.3 is 0 Å². The van der Waals surface area contributed by atoms with Crippen molar-refractivity contribution in [3.8, 4) is 22.8 Å². The predicted molar refractivity (Wildman–Crippen MR) is 114 cm³/mol. The molecule has 0 aliphatic carbocycles. The summed E-state index contributed by atoms with van der Waals surface area (Å²) in [5.74, 6) is 1.34. The van der Waals surface area contributed by atoms with Gasteiger partial charge in [0, 0.05) is 11.1 Å². The standard InChI is InChI=1S/C24H21N3O4/c1-2-30-16-8-5-7-15(13-16)23-20-21(18-10-3-4-11-19(18)28)25-26-22(20)24(29)27(23)14-17-9-6-12-31-17/h3-13,23,28H,2,14H2,1H3,(H,25,26). The van der Waals surface area contributed by atoms with Crippen molar-refractivity contribution in [1.82, 2.24) is 15.1 Å². The number of aromatic amines is 1. The summed E-state index contributed by atoms with van der Waals surface area (Å²) in [5, 5.41) is 17.7. The van der Waals surface area contributed by atoms with E-state index in [1.807, 2.05) is 43.3 Å². The number of para-hydroxylation sites is 1. The normalized spacial score (nSPS) is 15.3. The number of H-pyrrole nitrogens is 1. The number of benzene rings is 2. The molecule has 4 aromatic rings. The summed E-state index contributed by atoms with van der Waals surface area (Å²) in [4.78, 5) is 15.1. The van der Waals surface area contributed by atoms with Gasteiger partial charge < -0.3 is 19.2 Å². The van der Waals surface area contributed by atoms with Gasteiger partial charge in [-0.05, 0) is 48.9 Å². The van der Waals surface area contributed by atoms with E-state index >= 15 is 0 Å². The van der Waals surface area contributed by atoms with Crippen LogP contribution in [0.4, 0.5) is 0 Å². The average molecular weight is 415 g/mol. The van der Waals surface area contributed by atoms with Crippen LogP contribution in [0.3, 0.4) is 0 Å². The highest BCUT2D eigenvalue weighted by Gasteiger charge is 2.43. The SMILES string of the molecule is CCOc1cccc(C2c3c(-c4ccccc4O)n[nH]c3C(=O)N2Cc2ccco2)c1. The van der Waals surface area contributed by atoms with Crippen LogP contribution in [0.5, 0.6) is 11.5 Å². The largest absolute Gasteiger partial charge is 0.507 e. The number of aromatic nitrogens is 2. The van der Waals surface area contributed by atoms with Crippen molar-refractivity contribution >= 4 is 5.91 Å². The molecule has 1 atom stereocenters. The Hall–Kier alpha value is -4.00. The number of nitrogens with one attached hydrogen (secondary N) is 1. The quantitative estimate of drug-likeness (QED) is 0.483. The third kappa shape index (κ3) is 3.24. The van der Waals surface area contributed by atoms with E-state index in [1.54, 1.807) is 35.4 Å². The molecule has 2 aromatic heterocycles. The fourth-order valence-corrected chi connectivity index (χ4v) is 4.10. The third-order valence-corrected chi connectivity index (χ3v) is 5.41. The van der Waals surface area contributed by atoms with Crippen molar-refractivity contribution in [3.05, 3.63) is 89.5 Å². The van der Waals surface area contributed by atoms with Crippen LogP contribution in [0.25, 0.3) is 11.3 Å². The molecule has 2 N–H and O–H groups in total. The van der Waals surface area contributed by atoms with Gasteiger partial charge in [0.2, 0.25) is 0 Å². The van der Waals surface area contributed by atoms with Crippen LogP contribution in [0.15, 0.2) is 71.3 Å². The molecule has 7 heteroatoms. The van der Waals surface area contributed by atoms with Gasteiger partial charge in [-0.1, -0.05) is 24.3 Å². The second-order valence-corrected chi connectivity index (χ2v) is 7.30. The number of carbonyl (C=O) groups is 1. The smallest absolute Gasteiger partial charge is 0.273 e. The Morgan fingerprint density at radius 1 is 1.16 bits per heavy atom. The van der Waals surface area contributed by atoms with Crippen LogP contribution in [0.1, 0.15) is 40.3 Å². The molecule has 1 unspecified atom stereocenters. The second kappa shape index (κ2) is 7.68. The minimum absolute atomic E-state index is 0.107. The first-order valence-corrected chi connectivity index (χ1v) is 10.1. The number of hydrogen-bond donors (Lipinski definition) is 2. The van der Waals surface area contributed by atoms with Gasteiger partial charge in [-0.15, -0.1) is 0 Å². The highest BCUT2D eigenvalue weighted by atomic mass is 16.5. The minimum Gasteiger partial charge on any atom is -0.507 e. The number of phenols is 1. The van der Waals surface area contributed by atoms with Gasteiger partial charge in [0.1, 0.15) is 28.6 Å². The number of phenolic OH excluding ortho intramolecular Hbond substituents is 1. The van der Waals surface area contributed by atoms with Crippen molar-refractivity contribution in [2.24, 2.45) is 0 Å². The number of aromatic hydroxyl groups is 1. The van der Waals surface area contributed by atoms with E-state index in [4.69, 9.17) is 9.15 Å². The average Bonchev–Trinajstić information content (AvgIpc) is 3.49. The number of amides is 1. The summed E-state index contributed by atoms with van der Waals surface area (Å²) in [6.45, 7) is 2.78. The van der Waals surface area contributed by atoms with E-state index in [0.717, 1.165) is 16.9 Å². The van der Waals surface area contributed by atoms with Gasteiger partial charge in [-0.2, -0.15) is 5.10 Å². The van der Waals surface area contributed by atoms with Crippen molar-refractivity contribution in [1.29, 1.82) is 0 Å². The zero-order chi connectivity index (χ0) is 21.4. The molecule has 3 heterocycles.